The zero-order valence-corrected chi connectivity index (χ0v) is 8.17. The predicted molar refractivity (Wildman–Crippen MR) is 54.2 cm³/mol. The van der Waals surface area contributed by atoms with E-state index >= 15 is 0 Å². The summed E-state index contributed by atoms with van der Waals surface area (Å²) in [7, 11) is 0. The number of nitrogens with zero attached hydrogens (tertiary/aromatic N) is 1. The molecule has 1 aromatic rings. The predicted octanol–water partition coefficient (Wildman–Crippen LogP) is 1.75. The maximum atomic E-state index is 11.4. The summed E-state index contributed by atoms with van der Waals surface area (Å²) in [4.78, 5) is 12.4. The van der Waals surface area contributed by atoms with Crippen molar-refractivity contribution in [3.05, 3.63) is 28.5 Å². The number of amides is 1. The Hall–Kier alpha value is -1.60. The number of hydrogen-bond donors (Lipinski definition) is 1. The molecule has 4 heteroatoms. The Morgan fingerprint density at radius 2 is 2.50 bits per heavy atom. The van der Waals surface area contributed by atoms with Gasteiger partial charge in [0.05, 0.1) is 16.6 Å². The van der Waals surface area contributed by atoms with E-state index < -0.39 is 5.92 Å². The van der Waals surface area contributed by atoms with Crippen LogP contribution < -0.4 is 5.32 Å². The lowest BCUT2D eigenvalue weighted by atomic mass is 10.0. The van der Waals surface area contributed by atoms with Gasteiger partial charge in [0.15, 0.2) is 0 Å². The van der Waals surface area contributed by atoms with Crippen molar-refractivity contribution < 1.29 is 4.79 Å². The Balaban J connectivity index is 2.23. The van der Waals surface area contributed by atoms with Crippen LogP contribution in [0.3, 0.4) is 0 Å². The summed E-state index contributed by atoms with van der Waals surface area (Å²) in [5.74, 6) is -0.725. The molecule has 1 unspecified atom stereocenters. The first-order valence-electron chi connectivity index (χ1n) is 4.26. The van der Waals surface area contributed by atoms with Crippen LogP contribution in [0.2, 0.25) is 0 Å². The van der Waals surface area contributed by atoms with Gasteiger partial charge in [-0.3, -0.25) is 4.79 Å². The van der Waals surface area contributed by atoms with Gasteiger partial charge in [0.1, 0.15) is 5.92 Å². The number of carbonyl (C=O) groups is 1. The summed E-state index contributed by atoms with van der Waals surface area (Å²) < 4.78 is 0. The minimum Gasteiger partial charge on any atom is -0.324 e. The minimum absolute atomic E-state index is 0.196. The molecule has 14 heavy (non-hydrogen) atoms. The summed E-state index contributed by atoms with van der Waals surface area (Å²) in [6.45, 7) is 0. The minimum atomic E-state index is -0.529. The van der Waals surface area contributed by atoms with Gasteiger partial charge in [-0.05, 0) is 17.9 Å². The van der Waals surface area contributed by atoms with E-state index in [1.807, 2.05) is 29.7 Å². The molecule has 0 radical (unpaired) electrons. The highest BCUT2D eigenvalue weighted by Crippen LogP contribution is 2.23. The highest BCUT2D eigenvalue weighted by molar-refractivity contribution is 7.11. The van der Waals surface area contributed by atoms with E-state index in [2.05, 4.69) is 5.32 Å². The van der Waals surface area contributed by atoms with Gasteiger partial charge < -0.3 is 5.32 Å². The average molecular weight is 204 g/mol. The fourth-order valence-electron chi connectivity index (χ4n) is 1.32. The second kappa shape index (κ2) is 3.64. The number of allylic oxidation sites excluding steroid dienone is 1. The standard InChI is InChI=1S/C10H8N2OS/c11-6-7-3-4-8(12-10(7)13)9-2-1-5-14-9/h1-2,4-5,7H,3H2,(H,12,13). The summed E-state index contributed by atoms with van der Waals surface area (Å²) >= 11 is 1.57. The van der Waals surface area contributed by atoms with Crippen molar-refractivity contribution in [2.75, 3.05) is 0 Å². The fourth-order valence-corrected chi connectivity index (χ4v) is 2.04. The van der Waals surface area contributed by atoms with Crippen molar-refractivity contribution in [2.24, 2.45) is 5.92 Å². The molecule has 0 fully saturated rings. The van der Waals surface area contributed by atoms with E-state index in [0.717, 1.165) is 10.6 Å². The monoisotopic (exact) mass is 204 g/mol. The second-order valence-corrected chi connectivity index (χ2v) is 3.95. The van der Waals surface area contributed by atoms with E-state index in [1.54, 1.807) is 11.3 Å². The molecular formula is C10H8N2OS. The van der Waals surface area contributed by atoms with Crippen molar-refractivity contribution in [1.29, 1.82) is 5.26 Å². The molecule has 1 aliphatic heterocycles. The van der Waals surface area contributed by atoms with Crippen LogP contribution in [0.15, 0.2) is 23.6 Å². The molecule has 2 heterocycles. The van der Waals surface area contributed by atoms with Gasteiger partial charge >= 0.3 is 0 Å². The summed E-state index contributed by atoms with van der Waals surface area (Å²) in [6.07, 6.45) is 2.41. The summed E-state index contributed by atoms with van der Waals surface area (Å²) in [6, 6.07) is 5.85. The van der Waals surface area contributed by atoms with E-state index in [9.17, 15) is 4.79 Å². The third kappa shape index (κ3) is 1.54. The topological polar surface area (TPSA) is 52.9 Å². The highest BCUT2D eigenvalue weighted by atomic mass is 32.1. The van der Waals surface area contributed by atoms with Gasteiger partial charge in [-0.1, -0.05) is 12.1 Å². The molecule has 1 amide bonds. The Bertz CT molecular complexity index is 414. The van der Waals surface area contributed by atoms with Crippen LogP contribution in [0.25, 0.3) is 5.70 Å². The van der Waals surface area contributed by atoms with Gasteiger partial charge in [0, 0.05) is 0 Å². The maximum absolute atomic E-state index is 11.4. The Morgan fingerprint density at radius 3 is 3.07 bits per heavy atom. The molecule has 0 spiro atoms. The maximum Gasteiger partial charge on any atom is 0.242 e. The third-order valence-electron chi connectivity index (χ3n) is 2.07. The van der Waals surface area contributed by atoms with Gasteiger partial charge in [-0.25, -0.2) is 0 Å². The van der Waals surface area contributed by atoms with Crippen molar-refractivity contribution in [2.45, 2.75) is 6.42 Å². The quantitative estimate of drug-likeness (QED) is 0.757. The molecule has 0 saturated carbocycles. The Morgan fingerprint density at radius 1 is 1.64 bits per heavy atom. The molecule has 1 atom stereocenters. The fraction of sp³-hybridized carbons (Fsp3) is 0.200. The van der Waals surface area contributed by atoms with Gasteiger partial charge in [0.25, 0.3) is 0 Å². The molecule has 1 aromatic heterocycles. The molecular weight excluding hydrogens is 196 g/mol. The number of rotatable bonds is 1. The van der Waals surface area contributed by atoms with Crippen molar-refractivity contribution in [3.63, 3.8) is 0 Å². The lowest BCUT2D eigenvalue weighted by Crippen LogP contribution is -2.31. The molecule has 3 nitrogen and oxygen atoms in total. The normalized spacial score (nSPS) is 20.9. The molecule has 0 saturated heterocycles. The van der Waals surface area contributed by atoms with Crippen molar-refractivity contribution >= 4 is 22.9 Å². The first-order chi connectivity index (χ1) is 6.81. The van der Waals surface area contributed by atoms with Crippen LogP contribution in [-0.2, 0) is 4.79 Å². The van der Waals surface area contributed by atoms with Crippen molar-refractivity contribution in [1.82, 2.24) is 5.32 Å². The largest absolute Gasteiger partial charge is 0.324 e. The summed E-state index contributed by atoms with van der Waals surface area (Å²) in [5, 5.41) is 13.3. The SMILES string of the molecule is N#CC1CC=C(c2cccs2)NC1=O. The molecule has 0 aliphatic carbocycles. The van der Waals surface area contributed by atoms with Gasteiger partial charge in [-0.15, -0.1) is 11.3 Å². The third-order valence-corrected chi connectivity index (χ3v) is 2.98. The van der Waals surface area contributed by atoms with E-state index in [-0.39, 0.29) is 5.91 Å². The lowest BCUT2D eigenvalue weighted by Gasteiger charge is -2.16. The average Bonchev–Trinajstić information content (AvgIpc) is 2.70. The van der Waals surface area contributed by atoms with E-state index in [0.29, 0.717) is 6.42 Å². The van der Waals surface area contributed by atoms with Gasteiger partial charge in [-0.2, -0.15) is 5.26 Å². The van der Waals surface area contributed by atoms with Crippen LogP contribution in [0.5, 0.6) is 0 Å². The van der Waals surface area contributed by atoms with Gasteiger partial charge in [0.2, 0.25) is 5.91 Å². The van der Waals surface area contributed by atoms with Crippen LogP contribution in [-0.4, -0.2) is 5.91 Å². The van der Waals surface area contributed by atoms with Crippen LogP contribution in [0.4, 0.5) is 0 Å². The molecule has 2 rings (SSSR count). The smallest absolute Gasteiger partial charge is 0.242 e. The Kier molecular flexibility index (Phi) is 2.33. The number of thiophene rings is 1. The van der Waals surface area contributed by atoms with E-state index in [1.165, 1.54) is 0 Å². The van der Waals surface area contributed by atoms with Crippen molar-refractivity contribution in [3.8, 4) is 6.07 Å². The zero-order valence-electron chi connectivity index (χ0n) is 7.36. The number of carbonyl (C=O) groups excluding carboxylic acids is 1. The zero-order chi connectivity index (χ0) is 9.97. The first kappa shape index (κ1) is 8.97. The number of nitrogens with one attached hydrogen (secondary N) is 1. The molecule has 1 aliphatic rings. The van der Waals surface area contributed by atoms with E-state index in [4.69, 9.17) is 5.26 Å². The molecule has 0 bridgehead atoms. The highest BCUT2D eigenvalue weighted by Gasteiger charge is 2.22. The summed E-state index contributed by atoms with van der Waals surface area (Å²) in [5.41, 5.74) is 0.830. The molecule has 1 N–H and O–H groups in total. The number of hydrogen-bond acceptors (Lipinski definition) is 3. The number of nitriles is 1. The van der Waals surface area contributed by atoms with Crippen LogP contribution in [0, 0.1) is 17.2 Å². The molecule has 70 valence electrons. The Labute approximate surface area is 85.7 Å². The molecule has 0 aromatic carbocycles. The second-order valence-electron chi connectivity index (χ2n) is 3.00. The van der Waals surface area contributed by atoms with Crippen LogP contribution in [0.1, 0.15) is 11.3 Å². The van der Waals surface area contributed by atoms with Crippen LogP contribution >= 0.6 is 11.3 Å². The first-order valence-corrected chi connectivity index (χ1v) is 5.14. The lowest BCUT2D eigenvalue weighted by molar-refractivity contribution is -0.122.